The number of hydrogen-bond donors (Lipinski definition) is 1. The van der Waals surface area contributed by atoms with Crippen LogP contribution in [0.4, 0.5) is 5.69 Å². The highest BCUT2D eigenvalue weighted by molar-refractivity contribution is 7.07. The van der Waals surface area contributed by atoms with Gasteiger partial charge in [-0.2, -0.15) is 0 Å². The fraction of sp³-hybridized carbons (Fsp3) is 0.467. The second-order valence-corrected chi connectivity index (χ2v) is 5.97. The number of hydrogen-bond acceptors (Lipinski definition) is 6. The van der Waals surface area contributed by atoms with Crippen molar-refractivity contribution < 1.29 is 4.74 Å². The Morgan fingerprint density at radius 2 is 2.38 bits per heavy atom. The van der Waals surface area contributed by atoms with E-state index in [0.29, 0.717) is 0 Å². The first-order valence-corrected chi connectivity index (χ1v) is 8.06. The quantitative estimate of drug-likeness (QED) is 0.940. The average Bonchev–Trinajstić information content (AvgIpc) is 3.00. The molecule has 0 saturated carbocycles. The Morgan fingerprint density at radius 3 is 3.14 bits per heavy atom. The SMILES string of the molecule is CNc1cc(C)nc(C2CN(Cc3cscn3)CCO2)c1. The third-order valence-electron chi connectivity index (χ3n) is 3.61. The summed E-state index contributed by atoms with van der Waals surface area (Å²) in [7, 11) is 1.93. The van der Waals surface area contributed by atoms with Gasteiger partial charge in [-0.25, -0.2) is 4.98 Å². The van der Waals surface area contributed by atoms with Crippen LogP contribution in [0.5, 0.6) is 0 Å². The lowest BCUT2D eigenvalue weighted by molar-refractivity contribution is -0.0353. The van der Waals surface area contributed by atoms with Gasteiger partial charge in [0, 0.05) is 43.4 Å². The van der Waals surface area contributed by atoms with Crippen LogP contribution in [0, 0.1) is 6.92 Å². The smallest absolute Gasteiger partial charge is 0.112 e. The van der Waals surface area contributed by atoms with E-state index in [1.165, 1.54) is 0 Å². The monoisotopic (exact) mass is 304 g/mol. The predicted molar refractivity (Wildman–Crippen MR) is 84.6 cm³/mol. The molecule has 5 nitrogen and oxygen atoms in total. The Balaban J connectivity index is 1.72. The van der Waals surface area contributed by atoms with Gasteiger partial charge in [-0.3, -0.25) is 9.88 Å². The molecule has 1 aliphatic rings. The molecule has 0 spiro atoms. The molecule has 1 aliphatic heterocycles. The molecular weight excluding hydrogens is 284 g/mol. The number of ether oxygens (including phenoxy) is 1. The van der Waals surface area contributed by atoms with E-state index in [1.54, 1.807) is 11.3 Å². The lowest BCUT2D eigenvalue weighted by Gasteiger charge is -2.32. The molecule has 2 aromatic rings. The first-order chi connectivity index (χ1) is 10.2. The van der Waals surface area contributed by atoms with Crippen LogP contribution in [0.2, 0.25) is 0 Å². The Bertz CT molecular complexity index is 587. The molecule has 0 bridgehead atoms. The van der Waals surface area contributed by atoms with Gasteiger partial charge in [0.05, 0.1) is 23.5 Å². The summed E-state index contributed by atoms with van der Waals surface area (Å²) in [4.78, 5) is 11.4. The number of aryl methyl sites for hydroxylation is 1. The maximum Gasteiger partial charge on any atom is 0.112 e. The second-order valence-electron chi connectivity index (χ2n) is 5.25. The molecule has 0 aliphatic carbocycles. The maximum absolute atomic E-state index is 5.92. The lowest BCUT2D eigenvalue weighted by Crippen LogP contribution is -2.38. The van der Waals surface area contributed by atoms with Gasteiger partial charge in [0.2, 0.25) is 0 Å². The number of nitrogens with zero attached hydrogens (tertiary/aromatic N) is 3. The Labute approximate surface area is 129 Å². The standard InChI is InChI=1S/C15H20N4OS/c1-11-5-12(16-2)6-14(18-11)15-8-19(3-4-20-15)7-13-9-21-10-17-13/h5-6,9-10,15H,3-4,7-8H2,1-2H3,(H,16,18). The van der Waals surface area contributed by atoms with Crippen LogP contribution in [0.3, 0.4) is 0 Å². The summed E-state index contributed by atoms with van der Waals surface area (Å²) >= 11 is 1.64. The van der Waals surface area contributed by atoms with Crippen LogP contribution in [0.15, 0.2) is 23.0 Å². The topological polar surface area (TPSA) is 50.3 Å². The molecule has 1 unspecified atom stereocenters. The molecule has 1 fully saturated rings. The molecule has 3 rings (SSSR count). The molecule has 3 heterocycles. The summed E-state index contributed by atoms with van der Waals surface area (Å²) in [6, 6.07) is 4.11. The van der Waals surface area contributed by atoms with Gasteiger partial charge in [-0.05, 0) is 19.1 Å². The van der Waals surface area contributed by atoms with Crippen molar-refractivity contribution in [3.63, 3.8) is 0 Å². The van der Waals surface area contributed by atoms with Gasteiger partial charge in [-0.1, -0.05) is 0 Å². The molecule has 0 amide bonds. The summed E-state index contributed by atoms with van der Waals surface area (Å²) in [5.74, 6) is 0. The number of thiazole rings is 1. The molecule has 1 atom stereocenters. The molecule has 6 heteroatoms. The minimum Gasteiger partial charge on any atom is -0.388 e. The number of rotatable bonds is 4. The van der Waals surface area contributed by atoms with Crippen molar-refractivity contribution in [2.75, 3.05) is 32.1 Å². The third kappa shape index (κ3) is 3.58. The van der Waals surface area contributed by atoms with Crippen molar-refractivity contribution in [2.24, 2.45) is 0 Å². The van der Waals surface area contributed by atoms with Crippen LogP contribution in [0.1, 0.15) is 23.2 Å². The zero-order valence-corrected chi connectivity index (χ0v) is 13.2. The molecule has 1 N–H and O–H groups in total. The molecular formula is C15H20N4OS. The largest absolute Gasteiger partial charge is 0.388 e. The Hall–Kier alpha value is -1.50. The van der Waals surface area contributed by atoms with Crippen molar-refractivity contribution >= 4 is 17.0 Å². The second kappa shape index (κ2) is 6.51. The normalized spacial score (nSPS) is 19.6. The van der Waals surface area contributed by atoms with Crippen molar-refractivity contribution in [1.29, 1.82) is 0 Å². The zero-order chi connectivity index (χ0) is 14.7. The molecule has 0 radical (unpaired) electrons. The van der Waals surface area contributed by atoms with Crippen LogP contribution in [0.25, 0.3) is 0 Å². The predicted octanol–water partition coefficient (Wildman–Crippen LogP) is 2.46. The van der Waals surface area contributed by atoms with Gasteiger partial charge in [0.1, 0.15) is 6.10 Å². The van der Waals surface area contributed by atoms with Crippen LogP contribution < -0.4 is 5.32 Å². The number of nitrogens with one attached hydrogen (secondary N) is 1. The van der Waals surface area contributed by atoms with E-state index in [1.807, 2.05) is 25.5 Å². The van der Waals surface area contributed by atoms with Crippen molar-refractivity contribution in [3.05, 3.63) is 40.1 Å². The fourth-order valence-corrected chi connectivity index (χ4v) is 3.12. The van der Waals surface area contributed by atoms with E-state index in [2.05, 4.69) is 31.6 Å². The summed E-state index contributed by atoms with van der Waals surface area (Å²) in [6.45, 7) is 5.43. The van der Waals surface area contributed by atoms with Crippen LogP contribution in [-0.4, -0.2) is 41.6 Å². The number of morpholine rings is 1. The molecule has 112 valence electrons. The first kappa shape index (κ1) is 14.4. The summed E-state index contributed by atoms with van der Waals surface area (Å²) < 4.78 is 5.92. The zero-order valence-electron chi connectivity index (χ0n) is 12.4. The van der Waals surface area contributed by atoms with Crippen molar-refractivity contribution in [3.8, 4) is 0 Å². The van der Waals surface area contributed by atoms with Crippen molar-refractivity contribution in [1.82, 2.24) is 14.9 Å². The van der Waals surface area contributed by atoms with E-state index >= 15 is 0 Å². The first-order valence-electron chi connectivity index (χ1n) is 7.12. The van der Waals surface area contributed by atoms with E-state index in [9.17, 15) is 0 Å². The van der Waals surface area contributed by atoms with E-state index in [0.717, 1.165) is 49.0 Å². The van der Waals surface area contributed by atoms with Gasteiger partial charge in [0.15, 0.2) is 0 Å². The summed E-state index contributed by atoms with van der Waals surface area (Å²) in [5.41, 5.74) is 6.11. The van der Waals surface area contributed by atoms with Gasteiger partial charge < -0.3 is 10.1 Å². The van der Waals surface area contributed by atoms with E-state index < -0.39 is 0 Å². The van der Waals surface area contributed by atoms with Gasteiger partial charge >= 0.3 is 0 Å². The number of anilines is 1. The fourth-order valence-electron chi connectivity index (χ4n) is 2.57. The highest BCUT2D eigenvalue weighted by Crippen LogP contribution is 2.24. The Kier molecular flexibility index (Phi) is 4.48. The molecule has 0 aromatic carbocycles. The maximum atomic E-state index is 5.92. The van der Waals surface area contributed by atoms with Gasteiger partial charge in [0.25, 0.3) is 0 Å². The minimum absolute atomic E-state index is 0.0318. The molecule has 2 aromatic heterocycles. The van der Waals surface area contributed by atoms with E-state index in [-0.39, 0.29) is 6.10 Å². The number of aromatic nitrogens is 2. The summed E-state index contributed by atoms with van der Waals surface area (Å²) in [6.07, 6.45) is 0.0318. The molecule has 1 saturated heterocycles. The Morgan fingerprint density at radius 1 is 1.48 bits per heavy atom. The third-order valence-corrected chi connectivity index (χ3v) is 4.25. The van der Waals surface area contributed by atoms with Crippen LogP contribution in [-0.2, 0) is 11.3 Å². The average molecular weight is 304 g/mol. The summed E-state index contributed by atoms with van der Waals surface area (Å²) in [5, 5.41) is 5.28. The van der Waals surface area contributed by atoms with E-state index in [4.69, 9.17) is 4.74 Å². The van der Waals surface area contributed by atoms with Gasteiger partial charge in [-0.15, -0.1) is 11.3 Å². The van der Waals surface area contributed by atoms with Crippen molar-refractivity contribution in [2.45, 2.75) is 19.6 Å². The molecule has 21 heavy (non-hydrogen) atoms. The van der Waals surface area contributed by atoms with Crippen LogP contribution >= 0.6 is 11.3 Å². The highest BCUT2D eigenvalue weighted by Gasteiger charge is 2.24. The number of pyridine rings is 1. The minimum atomic E-state index is 0.0318. The highest BCUT2D eigenvalue weighted by atomic mass is 32.1. The lowest BCUT2D eigenvalue weighted by atomic mass is 10.1.